The number of carbonyl (C=O) groups is 2. The van der Waals surface area contributed by atoms with Gasteiger partial charge in [-0.3, -0.25) is 9.59 Å². The third kappa shape index (κ3) is 3.48. The first kappa shape index (κ1) is 18.8. The number of rotatable bonds is 7. The van der Waals surface area contributed by atoms with E-state index < -0.39 is 27.3 Å². The molecule has 0 atom stereocenters. The fourth-order valence-electron chi connectivity index (χ4n) is 4.06. The van der Waals surface area contributed by atoms with Gasteiger partial charge >= 0.3 is 5.97 Å². The van der Waals surface area contributed by atoms with E-state index in [0.717, 1.165) is 24.8 Å². The van der Waals surface area contributed by atoms with E-state index in [4.69, 9.17) is 0 Å². The number of hydrogen-bond donors (Lipinski definition) is 3. The maximum absolute atomic E-state index is 12.5. The van der Waals surface area contributed by atoms with Crippen LogP contribution in [-0.4, -0.2) is 32.4 Å². The van der Waals surface area contributed by atoms with E-state index in [1.807, 2.05) is 0 Å². The Bertz CT molecular complexity index is 804. The van der Waals surface area contributed by atoms with E-state index in [1.54, 1.807) is 24.3 Å². The molecule has 2 aliphatic rings. The minimum atomic E-state index is -3.33. The highest BCUT2D eigenvalue weighted by Gasteiger charge is 2.64. The van der Waals surface area contributed by atoms with Crippen molar-refractivity contribution in [3.8, 4) is 0 Å². The van der Waals surface area contributed by atoms with Gasteiger partial charge in [0.1, 0.15) is 5.41 Å². The third-order valence-corrected chi connectivity index (χ3v) is 7.09. The standard InChI is InChI=1S/C18H24N2O5S/c1-19-26(24,25)10-14-5-3-13(4-6-14)9-20-15(21)18(16(22)23)11-17(12-18)7-2-8-17/h3-6,19H,2,7-12H2,1H3,(H,20,21)(H,22,23). The zero-order valence-corrected chi connectivity index (χ0v) is 15.6. The van der Waals surface area contributed by atoms with Gasteiger partial charge in [0.05, 0.1) is 5.75 Å². The summed E-state index contributed by atoms with van der Waals surface area (Å²) in [4.78, 5) is 24.2. The number of nitrogens with one attached hydrogen (secondary N) is 2. The van der Waals surface area contributed by atoms with Crippen molar-refractivity contribution in [1.29, 1.82) is 0 Å². The number of carboxylic acids is 1. The fourth-order valence-corrected chi connectivity index (χ4v) is 4.84. The van der Waals surface area contributed by atoms with Crippen LogP contribution >= 0.6 is 0 Å². The first-order chi connectivity index (χ1) is 12.2. The molecule has 0 bridgehead atoms. The molecular weight excluding hydrogens is 356 g/mol. The number of sulfonamides is 1. The summed E-state index contributed by atoms with van der Waals surface area (Å²) in [6.45, 7) is 0.222. The van der Waals surface area contributed by atoms with Gasteiger partial charge in [0.15, 0.2) is 0 Å². The van der Waals surface area contributed by atoms with Crippen molar-refractivity contribution in [2.45, 2.75) is 44.4 Å². The molecule has 1 aromatic carbocycles. The number of carboxylic acid groups (broad SMARTS) is 1. The van der Waals surface area contributed by atoms with E-state index >= 15 is 0 Å². The summed E-state index contributed by atoms with van der Waals surface area (Å²) in [6.07, 6.45) is 4.02. The minimum Gasteiger partial charge on any atom is -0.480 e. The van der Waals surface area contributed by atoms with Crippen LogP contribution in [0.3, 0.4) is 0 Å². The van der Waals surface area contributed by atoms with E-state index in [2.05, 4.69) is 10.0 Å². The molecule has 1 aromatic rings. The normalized spacial score (nSPS) is 20.0. The molecule has 2 aliphatic carbocycles. The molecule has 7 nitrogen and oxygen atoms in total. The van der Waals surface area contributed by atoms with Crippen molar-refractivity contribution in [1.82, 2.24) is 10.0 Å². The van der Waals surface area contributed by atoms with Gasteiger partial charge in [0, 0.05) is 6.54 Å². The second kappa shape index (κ2) is 6.66. The van der Waals surface area contributed by atoms with Gasteiger partial charge < -0.3 is 10.4 Å². The molecule has 0 saturated heterocycles. The first-order valence-electron chi connectivity index (χ1n) is 8.71. The van der Waals surface area contributed by atoms with Crippen molar-refractivity contribution in [2.75, 3.05) is 7.05 Å². The molecule has 2 saturated carbocycles. The Labute approximate surface area is 153 Å². The van der Waals surface area contributed by atoms with Gasteiger partial charge in [0.2, 0.25) is 15.9 Å². The smallest absolute Gasteiger partial charge is 0.319 e. The zero-order valence-electron chi connectivity index (χ0n) is 14.7. The van der Waals surface area contributed by atoms with Crippen LogP contribution in [0.15, 0.2) is 24.3 Å². The Hall–Kier alpha value is -1.93. The molecule has 26 heavy (non-hydrogen) atoms. The first-order valence-corrected chi connectivity index (χ1v) is 10.4. The highest BCUT2D eigenvalue weighted by Crippen LogP contribution is 2.64. The van der Waals surface area contributed by atoms with Crippen LogP contribution < -0.4 is 10.0 Å². The minimum absolute atomic E-state index is 0.0795. The van der Waals surface area contributed by atoms with E-state index in [1.165, 1.54) is 7.05 Å². The lowest BCUT2D eigenvalue weighted by molar-refractivity contribution is -0.181. The van der Waals surface area contributed by atoms with E-state index in [0.29, 0.717) is 18.4 Å². The van der Waals surface area contributed by atoms with Crippen LogP contribution in [0.5, 0.6) is 0 Å². The van der Waals surface area contributed by atoms with Gasteiger partial charge in [-0.25, -0.2) is 13.1 Å². The molecule has 0 heterocycles. The zero-order chi connectivity index (χ0) is 19.0. The fraction of sp³-hybridized carbons (Fsp3) is 0.556. The lowest BCUT2D eigenvalue weighted by Gasteiger charge is -2.58. The van der Waals surface area contributed by atoms with Gasteiger partial charge in [-0.2, -0.15) is 0 Å². The number of carbonyl (C=O) groups excluding carboxylic acids is 1. The summed E-state index contributed by atoms with van der Waals surface area (Å²) >= 11 is 0. The largest absolute Gasteiger partial charge is 0.480 e. The lowest BCUT2D eigenvalue weighted by Crippen LogP contribution is -2.61. The summed E-state index contributed by atoms with van der Waals surface area (Å²) in [6, 6.07) is 6.86. The highest BCUT2D eigenvalue weighted by atomic mass is 32.2. The highest BCUT2D eigenvalue weighted by molar-refractivity contribution is 7.88. The number of aliphatic carboxylic acids is 1. The molecule has 1 amide bonds. The van der Waals surface area contributed by atoms with E-state index in [-0.39, 0.29) is 17.7 Å². The average molecular weight is 380 g/mol. The molecule has 0 aromatic heterocycles. The molecule has 3 rings (SSSR count). The summed E-state index contributed by atoms with van der Waals surface area (Å²) in [5.41, 5.74) is 0.224. The maximum atomic E-state index is 12.5. The molecule has 1 spiro atoms. The number of benzene rings is 1. The second-order valence-electron chi connectivity index (χ2n) is 7.56. The Balaban J connectivity index is 1.58. The quantitative estimate of drug-likeness (QED) is 0.619. The molecule has 142 valence electrons. The maximum Gasteiger partial charge on any atom is 0.319 e. The van der Waals surface area contributed by atoms with Crippen LogP contribution in [0.2, 0.25) is 0 Å². The molecule has 3 N–H and O–H groups in total. The monoisotopic (exact) mass is 380 g/mol. The van der Waals surface area contributed by atoms with Crippen LogP contribution in [0.25, 0.3) is 0 Å². The van der Waals surface area contributed by atoms with Crippen molar-refractivity contribution < 1.29 is 23.1 Å². The SMILES string of the molecule is CNS(=O)(=O)Cc1ccc(CNC(=O)C2(C(=O)O)CC3(CCC3)C2)cc1. The predicted molar refractivity (Wildman–Crippen MR) is 95.6 cm³/mol. The second-order valence-corrected chi connectivity index (χ2v) is 9.48. The molecule has 2 fully saturated rings. The van der Waals surface area contributed by atoms with Crippen molar-refractivity contribution in [2.24, 2.45) is 10.8 Å². The van der Waals surface area contributed by atoms with Crippen molar-refractivity contribution in [3.63, 3.8) is 0 Å². The summed E-state index contributed by atoms with van der Waals surface area (Å²) in [7, 11) is -1.96. The summed E-state index contributed by atoms with van der Waals surface area (Å²) < 4.78 is 25.3. The van der Waals surface area contributed by atoms with Crippen LogP contribution in [0.4, 0.5) is 0 Å². The Morgan fingerprint density at radius 2 is 1.69 bits per heavy atom. The Morgan fingerprint density at radius 1 is 1.12 bits per heavy atom. The van der Waals surface area contributed by atoms with Crippen LogP contribution in [-0.2, 0) is 31.9 Å². The molecule has 0 unspecified atom stereocenters. The van der Waals surface area contributed by atoms with Gasteiger partial charge in [0.25, 0.3) is 0 Å². The molecule has 0 radical (unpaired) electrons. The topological polar surface area (TPSA) is 113 Å². The van der Waals surface area contributed by atoms with E-state index in [9.17, 15) is 23.1 Å². The van der Waals surface area contributed by atoms with Crippen LogP contribution in [0, 0.1) is 10.8 Å². The van der Waals surface area contributed by atoms with Crippen molar-refractivity contribution >= 4 is 21.9 Å². The van der Waals surface area contributed by atoms with Gasteiger partial charge in [-0.1, -0.05) is 30.7 Å². The third-order valence-electron chi connectivity index (χ3n) is 5.76. The summed E-state index contributed by atoms with van der Waals surface area (Å²) in [5, 5.41) is 12.3. The lowest BCUT2D eigenvalue weighted by atomic mass is 9.45. The molecule has 8 heteroatoms. The van der Waals surface area contributed by atoms with Crippen molar-refractivity contribution in [3.05, 3.63) is 35.4 Å². The van der Waals surface area contributed by atoms with Gasteiger partial charge in [-0.15, -0.1) is 0 Å². The van der Waals surface area contributed by atoms with Gasteiger partial charge in [-0.05, 0) is 49.3 Å². The number of hydrogen-bond acceptors (Lipinski definition) is 4. The summed E-state index contributed by atoms with van der Waals surface area (Å²) in [5.74, 6) is -1.58. The van der Waals surface area contributed by atoms with Crippen LogP contribution in [0.1, 0.15) is 43.2 Å². The number of amides is 1. The predicted octanol–water partition coefficient (Wildman–Crippen LogP) is 1.39. The molecular formula is C18H24N2O5S. The average Bonchev–Trinajstić information content (AvgIpc) is 2.51. The molecule has 0 aliphatic heterocycles. The Morgan fingerprint density at radius 3 is 2.15 bits per heavy atom. The Kier molecular flexibility index (Phi) is 4.83.